The van der Waals surface area contributed by atoms with Crippen molar-refractivity contribution in [3.8, 4) is 0 Å². The fraction of sp³-hybridized carbons (Fsp3) is 0.375. The Balaban J connectivity index is 1.42. The topological polar surface area (TPSA) is 54.3 Å². The van der Waals surface area contributed by atoms with Gasteiger partial charge in [0.1, 0.15) is 5.82 Å². The number of nitrogens with zero attached hydrogens (tertiary/aromatic N) is 5. The summed E-state index contributed by atoms with van der Waals surface area (Å²) in [6.45, 7) is 10.2. The van der Waals surface area contributed by atoms with Gasteiger partial charge in [0.05, 0.1) is 18.8 Å². The average molecular weight is 404 g/mol. The zero-order chi connectivity index (χ0) is 21.1. The molecule has 6 nitrogen and oxygen atoms in total. The largest absolute Gasteiger partial charge is 0.353 e. The molecule has 0 saturated carbocycles. The van der Waals surface area contributed by atoms with Crippen LogP contribution in [0.25, 0.3) is 0 Å². The van der Waals surface area contributed by atoms with Gasteiger partial charge < -0.3 is 9.47 Å². The van der Waals surface area contributed by atoms with Gasteiger partial charge in [0, 0.05) is 55.5 Å². The Morgan fingerprint density at radius 1 is 1.07 bits per heavy atom. The molecule has 0 aliphatic carbocycles. The van der Waals surface area contributed by atoms with Crippen molar-refractivity contribution in [2.75, 3.05) is 37.6 Å². The summed E-state index contributed by atoms with van der Waals surface area (Å²) < 4.78 is 2.27. The molecule has 2 aromatic heterocycles. The van der Waals surface area contributed by atoms with Gasteiger partial charge in [-0.1, -0.05) is 30.3 Å². The van der Waals surface area contributed by atoms with E-state index in [1.807, 2.05) is 12.1 Å². The summed E-state index contributed by atoms with van der Waals surface area (Å²) in [4.78, 5) is 26.1. The van der Waals surface area contributed by atoms with E-state index in [1.54, 1.807) is 18.6 Å². The molecule has 0 N–H and O–H groups in total. The van der Waals surface area contributed by atoms with Crippen molar-refractivity contribution in [2.24, 2.45) is 0 Å². The predicted molar refractivity (Wildman–Crippen MR) is 119 cm³/mol. The highest BCUT2D eigenvalue weighted by molar-refractivity contribution is 5.99. The molecule has 0 amide bonds. The quantitative estimate of drug-likeness (QED) is 0.590. The molecule has 4 rings (SSSR count). The Bertz CT molecular complexity index is 991. The van der Waals surface area contributed by atoms with E-state index in [1.165, 1.54) is 5.56 Å². The summed E-state index contributed by atoms with van der Waals surface area (Å²) in [6.07, 6.45) is 5.20. The zero-order valence-corrected chi connectivity index (χ0v) is 18.0. The van der Waals surface area contributed by atoms with Crippen LogP contribution in [0.15, 0.2) is 55.0 Å². The van der Waals surface area contributed by atoms with Crippen LogP contribution in [-0.4, -0.2) is 57.9 Å². The van der Waals surface area contributed by atoms with Gasteiger partial charge in [-0.25, -0.2) is 4.98 Å². The first-order chi connectivity index (χ1) is 14.5. The van der Waals surface area contributed by atoms with Crippen LogP contribution in [0.3, 0.4) is 0 Å². The molecule has 1 aliphatic heterocycles. The summed E-state index contributed by atoms with van der Waals surface area (Å²) in [5, 5.41) is 0. The first kappa shape index (κ1) is 20.3. The number of carbonyl (C=O) groups is 1. The Morgan fingerprint density at radius 3 is 2.47 bits per heavy atom. The third kappa shape index (κ3) is 4.14. The number of rotatable bonds is 6. The predicted octanol–water partition coefficient (Wildman–Crippen LogP) is 3.51. The minimum atomic E-state index is 0.197. The van der Waals surface area contributed by atoms with E-state index in [2.05, 4.69) is 69.4 Å². The molecule has 0 bridgehead atoms. The summed E-state index contributed by atoms with van der Waals surface area (Å²) >= 11 is 0. The summed E-state index contributed by atoms with van der Waals surface area (Å²) in [6, 6.07) is 12.7. The van der Waals surface area contributed by atoms with Crippen LogP contribution >= 0.6 is 0 Å². The Hall–Kier alpha value is -2.99. The van der Waals surface area contributed by atoms with Gasteiger partial charge in [-0.05, 0) is 32.4 Å². The van der Waals surface area contributed by atoms with Gasteiger partial charge in [-0.2, -0.15) is 0 Å². The first-order valence-corrected chi connectivity index (χ1v) is 10.5. The van der Waals surface area contributed by atoms with Gasteiger partial charge in [-0.15, -0.1) is 0 Å². The number of hydrogen-bond acceptors (Lipinski definition) is 5. The number of anilines is 1. The summed E-state index contributed by atoms with van der Waals surface area (Å²) in [5.41, 5.74) is 4.26. The maximum absolute atomic E-state index is 13.1. The van der Waals surface area contributed by atoms with Gasteiger partial charge >= 0.3 is 0 Å². The minimum Gasteiger partial charge on any atom is -0.353 e. The smallest absolute Gasteiger partial charge is 0.178 e. The molecule has 1 atom stereocenters. The maximum atomic E-state index is 13.1. The van der Waals surface area contributed by atoms with E-state index in [0.717, 1.165) is 48.9 Å². The van der Waals surface area contributed by atoms with Crippen molar-refractivity contribution < 1.29 is 4.79 Å². The minimum absolute atomic E-state index is 0.197. The zero-order valence-electron chi connectivity index (χ0n) is 18.0. The lowest BCUT2D eigenvalue weighted by Crippen LogP contribution is -2.48. The second-order valence-electron chi connectivity index (χ2n) is 7.99. The molecule has 0 spiro atoms. The first-order valence-electron chi connectivity index (χ1n) is 10.5. The van der Waals surface area contributed by atoms with Gasteiger partial charge in [0.25, 0.3) is 0 Å². The van der Waals surface area contributed by atoms with Crippen molar-refractivity contribution in [3.63, 3.8) is 0 Å². The number of hydrogen-bond donors (Lipinski definition) is 0. The molecule has 156 valence electrons. The number of ketones is 1. The third-order valence-electron chi connectivity index (χ3n) is 6.07. The van der Waals surface area contributed by atoms with Crippen LogP contribution in [0, 0.1) is 13.8 Å². The third-order valence-corrected chi connectivity index (χ3v) is 6.07. The summed E-state index contributed by atoms with van der Waals surface area (Å²) in [7, 11) is 0. The van der Waals surface area contributed by atoms with Crippen molar-refractivity contribution in [1.82, 2.24) is 19.4 Å². The number of aryl methyl sites for hydroxylation is 1. The molecule has 1 aliphatic rings. The van der Waals surface area contributed by atoms with Crippen molar-refractivity contribution in [3.05, 3.63) is 77.5 Å². The number of carbonyl (C=O) groups excluding carboxylic acids is 1. The normalized spacial score (nSPS) is 15.9. The second-order valence-corrected chi connectivity index (χ2v) is 7.99. The van der Waals surface area contributed by atoms with E-state index < -0.39 is 0 Å². The molecular weight excluding hydrogens is 374 g/mol. The number of piperazine rings is 1. The SMILES string of the molecule is Cc1cc(C(=O)CN2CCN(c3cnccn3)CC2)c(C)n1C(C)c1ccccc1. The number of aromatic nitrogens is 3. The van der Waals surface area contributed by atoms with Crippen LogP contribution in [0.4, 0.5) is 5.82 Å². The van der Waals surface area contributed by atoms with Crippen molar-refractivity contribution in [1.29, 1.82) is 0 Å². The second kappa shape index (κ2) is 8.79. The van der Waals surface area contributed by atoms with Crippen molar-refractivity contribution >= 4 is 11.6 Å². The van der Waals surface area contributed by atoms with Crippen LogP contribution in [0.5, 0.6) is 0 Å². The van der Waals surface area contributed by atoms with E-state index in [4.69, 9.17) is 0 Å². The van der Waals surface area contributed by atoms with Crippen LogP contribution in [-0.2, 0) is 0 Å². The molecular formula is C24H29N5O. The van der Waals surface area contributed by atoms with Crippen molar-refractivity contribution in [2.45, 2.75) is 26.8 Å². The highest BCUT2D eigenvalue weighted by Gasteiger charge is 2.24. The summed E-state index contributed by atoms with van der Waals surface area (Å²) in [5.74, 6) is 1.10. The van der Waals surface area contributed by atoms with E-state index >= 15 is 0 Å². The maximum Gasteiger partial charge on any atom is 0.178 e. The highest BCUT2D eigenvalue weighted by Crippen LogP contribution is 2.26. The fourth-order valence-electron chi connectivity index (χ4n) is 4.41. The number of benzene rings is 1. The number of Topliss-reactive ketones (excluding diaryl/α,β-unsaturated/α-hetero) is 1. The lowest BCUT2D eigenvalue weighted by molar-refractivity contribution is 0.0925. The Labute approximate surface area is 178 Å². The van der Waals surface area contributed by atoms with Gasteiger partial charge in [0.15, 0.2) is 5.78 Å². The van der Waals surface area contributed by atoms with Gasteiger partial charge in [0.2, 0.25) is 0 Å². The molecule has 6 heteroatoms. The standard InChI is InChI=1S/C24H29N5O/c1-18-15-22(20(3)29(18)19(2)21-7-5-4-6-8-21)23(30)17-27-11-13-28(14-12-27)24-16-25-9-10-26-24/h4-10,15-16,19H,11-14,17H2,1-3H3. The van der Waals surface area contributed by atoms with Crippen LogP contribution < -0.4 is 4.90 Å². The fourth-order valence-corrected chi connectivity index (χ4v) is 4.41. The molecule has 1 unspecified atom stereocenters. The molecule has 3 aromatic rings. The van der Waals surface area contributed by atoms with E-state index in [0.29, 0.717) is 6.54 Å². The highest BCUT2D eigenvalue weighted by atomic mass is 16.1. The molecule has 1 aromatic carbocycles. The Morgan fingerprint density at radius 2 is 1.80 bits per heavy atom. The average Bonchev–Trinajstić information content (AvgIpc) is 3.09. The molecule has 30 heavy (non-hydrogen) atoms. The molecule has 3 heterocycles. The van der Waals surface area contributed by atoms with E-state index in [9.17, 15) is 4.79 Å². The lowest BCUT2D eigenvalue weighted by atomic mass is 10.1. The van der Waals surface area contributed by atoms with Crippen LogP contribution in [0.1, 0.15) is 40.3 Å². The monoisotopic (exact) mass is 403 g/mol. The molecule has 1 saturated heterocycles. The van der Waals surface area contributed by atoms with Gasteiger partial charge in [-0.3, -0.25) is 14.7 Å². The Kier molecular flexibility index (Phi) is 5.95. The lowest BCUT2D eigenvalue weighted by Gasteiger charge is -2.34. The van der Waals surface area contributed by atoms with Crippen LogP contribution in [0.2, 0.25) is 0 Å². The molecule has 1 fully saturated rings. The molecule has 0 radical (unpaired) electrons. The van der Waals surface area contributed by atoms with E-state index in [-0.39, 0.29) is 11.8 Å².